The molecule has 0 saturated carbocycles. The molecule has 0 radical (unpaired) electrons. The normalized spacial score (nSPS) is 14.9. The topological polar surface area (TPSA) is 0 Å². The first-order chi connectivity index (χ1) is 8.97. The zero-order chi connectivity index (χ0) is 13.6. The minimum absolute atomic E-state index is 0.319. The Balaban J connectivity index is 2.02. The zero-order valence-electron chi connectivity index (χ0n) is 12.3. The van der Waals surface area contributed by atoms with Crippen LogP contribution in [0.4, 0.5) is 0 Å². The molecular weight excluding hydrogens is 228 g/mol. The van der Waals surface area contributed by atoms with Crippen LogP contribution in [0.5, 0.6) is 0 Å². The Morgan fingerprint density at radius 3 is 2.32 bits per heavy atom. The molecule has 1 aliphatic rings. The molecule has 1 unspecified atom stereocenters. The lowest BCUT2D eigenvalue weighted by molar-refractivity contribution is 0.339. The Labute approximate surface area is 116 Å². The van der Waals surface area contributed by atoms with Crippen LogP contribution in [0.2, 0.25) is 0 Å². The Kier molecular flexibility index (Phi) is 2.78. The molecule has 0 heterocycles. The predicted octanol–water partition coefficient (Wildman–Crippen LogP) is 5.41. The molecule has 0 fully saturated rings. The Morgan fingerprint density at radius 1 is 0.895 bits per heavy atom. The van der Waals surface area contributed by atoms with Crippen LogP contribution in [0.25, 0.3) is 11.1 Å². The van der Waals surface area contributed by atoms with Gasteiger partial charge in [0, 0.05) is 0 Å². The fourth-order valence-corrected chi connectivity index (χ4v) is 2.93. The minimum atomic E-state index is 0.319. The molecule has 3 rings (SSSR count). The monoisotopic (exact) mass is 250 g/mol. The fourth-order valence-electron chi connectivity index (χ4n) is 2.93. The summed E-state index contributed by atoms with van der Waals surface area (Å²) >= 11 is 0. The molecule has 19 heavy (non-hydrogen) atoms. The molecule has 0 bridgehead atoms. The Morgan fingerprint density at radius 2 is 1.58 bits per heavy atom. The van der Waals surface area contributed by atoms with E-state index >= 15 is 0 Å². The number of benzene rings is 2. The van der Waals surface area contributed by atoms with Crippen molar-refractivity contribution in [2.75, 3.05) is 0 Å². The van der Waals surface area contributed by atoms with Crippen LogP contribution in [-0.4, -0.2) is 0 Å². The van der Waals surface area contributed by atoms with Gasteiger partial charge in [-0.3, -0.25) is 0 Å². The van der Waals surface area contributed by atoms with Crippen LogP contribution in [0.3, 0.4) is 0 Å². The van der Waals surface area contributed by atoms with Crippen LogP contribution in [0.15, 0.2) is 42.5 Å². The van der Waals surface area contributed by atoms with Gasteiger partial charge in [0.1, 0.15) is 0 Å². The molecule has 0 spiro atoms. The fraction of sp³-hybridized carbons (Fsp3) is 0.368. The highest BCUT2D eigenvalue weighted by Crippen LogP contribution is 2.40. The van der Waals surface area contributed by atoms with E-state index < -0.39 is 0 Å². The van der Waals surface area contributed by atoms with Gasteiger partial charge in [0.25, 0.3) is 0 Å². The molecule has 98 valence electrons. The van der Waals surface area contributed by atoms with Crippen LogP contribution < -0.4 is 0 Å². The average molecular weight is 250 g/mol. The second kappa shape index (κ2) is 4.23. The van der Waals surface area contributed by atoms with E-state index in [9.17, 15) is 0 Å². The van der Waals surface area contributed by atoms with E-state index in [-0.39, 0.29) is 0 Å². The van der Waals surface area contributed by atoms with Crippen molar-refractivity contribution in [3.63, 3.8) is 0 Å². The van der Waals surface area contributed by atoms with Gasteiger partial charge >= 0.3 is 0 Å². The highest BCUT2D eigenvalue weighted by atomic mass is 14.3. The van der Waals surface area contributed by atoms with Crippen LogP contribution in [0.1, 0.15) is 50.3 Å². The highest BCUT2D eigenvalue weighted by Gasteiger charge is 2.24. The van der Waals surface area contributed by atoms with Crippen molar-refractivity contribution in [3.05, 3.63) is 59.2 Å². The Hall–Kier alpha value is -1.56. The highest BCUT2D eigenvalue weighted by molar-refractivity contribution is 5.77. The van der Waals surface area contributed by atoms with Crippen molar-refractivity contribution in [1.29, 1.82) is 0 Å². The second-order valence-corrected chi connectivity index (χ2v) is 6.84. The number of fused-ring (bicyclic) bond motifs is 3. The summed E-state index contributed by atoms with van der Waals surface area (Å²) in [6, 6.07) is 15.8. The van der Waals surface area contributed by atoms with Gasteiger partial charge in [0.15, 0.2) is 0 Å². The molecule has 2 aromatic carbocycles. The SMILES string of the molecule is CC(c1ccc2c(c1)Cc1ccccc1-2)C(C)(C)C. The maximum absolute atomic E-state index is 2.42. The van der Waals surface area contributed by atoms with E-state index in [4.69, 9.17) is 0 Å². The summed E-state index contributed by atoms with van der Waals surface area (Å²) in [6.07, 6.45) is 1.09. The third kappa shape index (κ3) is 2.10. The molecule has 0 nitrogen and oxygen atoms in total. The lowest BCUT2D eigenvalue weighted by Gasteiger charge is -2.28. The van der Waals surface area contributed by atoms with Gasteiger partial charge in [0.05, 0.1) is 0 Å². The lowest BCUT2D eigenvalue weighted by atomic mass is 9.77. The first kappa shape index (κ1) is 12.5. The third-order valence-corrected chi connectivity index (χ3v) is 4.62. The Bertz CT molecular complexity index is 614. The van der Waals surface area contributed by atoms with Crippen molar-refractivity contribution >= 4 is 0 Å². The van der Waals surface area contributed by atoms with Crippen molar-refractivity contribution in [1.82, 2.24) is 0 Å². The van der Waals surface area contributed by atoms with Gasteiger partial charge in [-0.1, -0.05) is 70.2 Å². The summed E-state index contributed by atoms with van der Waals surface area (Å²) < 4.78 is 0. The van der Waals surface area contributed by atoms with Crippen LogP contribution in [-0.2, 0) is 6.42 Å². The summed E-state index contributed by atoms with van der Waals surface area (Å²) in [7, 11) is 0. The van der Waals surface area contributed by atoms with E-state index in [0.717, 1.165) is 6.42 Å². The van der Waals surface area contributed by atoms with Gasteiger partial charge in [0.2, 0.25) is 0 Å². The van der Waals surface area contributed by atoms with E-state index in [2.05, 4.69) is 70.2 Å². The lowest BCUT2D eigenvalue weighted by Crippen LogP contribution is -2.15. The molecule has 0 amide bonds. The molecule has 1 aliphatic carbocycles. The molecule has 1 atom stereocenters. The van der Waals surface area contributed by atoms with Crippen molar-refractivity contribution < 1.29 is 0 Å². The first-order valence-corrected chi connectivity index (χ1v) is 7.18. The quantitative estimate of drug-likeness (QED) is 0.542. The molecule has 2 aromatic rings. The van der Waals surface area contributed by atoms with Crippen molar-refractivity contribution in [2.45, 2.75) is 40.0 Å². The van der Waals surface area contributed by atoms with Crippen molar-refractivity contribution in [3.8, 4) is 11.1 Å². The number of hydrogen-bond acceptors (Lipinski definition) is 0. The van der Waals surface area contributed by atoms with E-state index in [0.29, 0.717) is 11.3 Å². The summed E-state index contributed by atoms with van der Waals surface area (Å²) in [4.78, 5) is 0. The van der Waals surface area contributed by atoms with E-state index in [1.165, 1.54) is 27.8 Å². The van der Waals surface area contributed by atoms with Gasteiger partial charge < -0.3 is 0 Å². The van der Waals surface area contributed by atoms with Crippen LogP contribution in [0, 0.1) is 5.41 Å². The maximum Gasteiger partial charge on any atom is -0.00134 e. The van der Waals surface area contributed by atoms with E-state index in [1.807, 2.05) is 0 Å². The minimum Gasteiger partial charge on any atom is -0.0619 e. The third-order valence-electron chi connectivity index (χ3n) is 4.62. The van der Waals surface area contributed by atoms with Gasteiger partial charge in [-0.15, -0.1) is 0 Å². The van der Waals surface area contributed by atoms with Gasteiger partial charge in [-0.05, 0) is 45.6 Å². The summed E-state index contributed by atoms with van der Waals surface area (Å²) in [5, 5.41) is 0. The summed E-state index contributed by atoms with van der Waals surface area (Å²) in [5.41, 5.74) is 7.61. The van der Waals surface area contributed by atoms with Crippen LogP contribution >= 0.6 is 0 Å². The molecule has 0 heteroatoms. The standard InChI is InChI=1S/C19H22/c1-13(19(2,3)4)14-9-10-18-16(11-14)12-15-7-5-6-8-17(15)18/h5-11,13H,12H2,1-4H3. The number of hydrogen-bond donors (Lipinski definition) is 0. The van der Waals surface area contributed by atoms with Gasteiger partial charge in [-0.25, -0.2) is 0 Å². The van der Waals surface area contributed by atoms with Gasteiger partial charge in [-0.2, -0.15) is 0 Å². The molecule has 0 aliphatic heterocycles. The first-order valence-electron chi connectivity index (χ1n) is 7.18. The molecule has 0 N–H and O–H groups in total. The molecular formula is C19H22. The predicted molar refractivity (Wildman–Crippen MR) is 82.6 cm³/mol. The van der Waals surface area contributed by atoms with E-state index in [1.54, 1.807) is 0 Å². The molecule has 0 aromatic heterocycles. The second-order valence-electron chi connectivity index (χ2n) is 6.84. The largest absolute Gasteiger partial charge is 0.0619 e. The zero-order valence-corrected chi connectivity index (χ0v) is 12.3. The average Bonchev–Trinajstić information content (AvgIpc) is 2.74. The summed E-state index contributed by atoms with van der Waals surface area (Å²) in [5.74, 6) is 0.585. The number of rotatable bonds is 1. The molecule has 0 saturated heterocycles. The van der Waals surface area contributed by atoms with Crippen molar-refractivity contribution in [2.24, 2.45) is 5.41 Å². The maximum atomic E-state index is 2.42. The summed E-state index contributed by atoms with van der Waals surface area (Å²) in [6.45, 7) is 9.29. The smallest absolute Gasteiger partial charge is 0.00134 e.